The van der Waals surface area contributed by atoms with Gasteiger partial charge in [-0.3, -0.25) is 4.79 Å². The highest BCUT2D eigenvalue weighted by atomic mass is 16.5. The van der Waals surface area contributed by atoms with Gasteiger partial charge in [0, 0.05) is 42.6 Å². The van der Waals surface area contributed by atoms with Crippen LogP contribution >= 0.6 is 0 Å². The van der Waals surface area contributed by atoms with Gasteiger partial charge in [0.25, 0.3) is 5.91 Å². The fourth-order valence-corrected chi connectivity index (χ4v) is 8.38. The first-order valence-corrected chi connectivity index (χ1v) is 17.5. The predicted molar refractivity (Wildman–Crippen MR) is 189 cm³/mol. The lowest BCUT2D eigenvalue weighted by molar-refractivity contribution is 0.0513. The van der Waals surface area contributed by atoms with Crippen LogP contribution < -0.4 is 4.74 Å². The number of aryl methyl sites for hydroxylation is 1. The molecule has 3 aromatic carbocycles. The minimum Gasteiger partial charge on any atom is -0.494 e. The lowest BCUT2D eigenvalue weighted by Crippen LogP contribution is -2.38. The summed E-state index contributed by atoms with van der Waals surface area (Å²) in [6, 6.07) is 19.0. The summed E-state index contributed by atoms with van der Waals surface area (Å²) in [6.07, 6.45) is 4.74. The van der Waals surface area contributed by atoms with E-state index in [9.17, 15) is 9.59 Å². The van der Waals surface area contributed by atoms with Crippen molar-refractivity contribution in [2.24, 2.45) is 24.8 Å². The van der Waals surface area contributed by atoms with Crippen molar-refractivity contribution >= 4 is 44.8 Å². The first-order valence-electron chi connectivity index (χ1n) is 17.5. The van der Waals surface area contributed by atoms with Crippen LogP contribution in [0, 0.1) is 17.8 Å². The predicted octanol–water partition coefficient (Wildman–Crippen LogP) is 7.20. The summed E-state index contributed by atoms with van der Waals surface area (Å²) >= 11 is 0. The summed E-state index contributed by atoms with van der Waals surface area (Å²) in [6.45, 7) is 6.11. The van der Waals surface area contributed by atoms with Crippen molar-refractivity contribution in [3.63, 3.8) is 0 Å². The molecule has 1 N–H and O–H groups in total. The molecule has 3 atom stereocenters. The van der Waals surface area contributed by atoms with Crippen LogP contribution in [-0.2, 0) is 18.3 Å². The third-order valence-corrected chi connectivity index (χ3v) is 11.2. The second-order valence-electron chi connectivity index (χ2n) is 14.2. The molecule has 10 heteroatoms. The Morgan fingerprint density at radius 1 is 0.959 bits per heavy atom. The Labute approximate surface area is 284 Å². The third kappa shape index (κ3) is 4.82. The molecule has 2 unspecified atom stereocenters. The van der Waals surface area contributed by atoms with Crippen LogP contribution in [0.2, 0.25) is 0 Å². The van der Waals surface area contributed by atoms with Crippen molar-refractivity contribution in [2.75, 3.05) is 20.3 Å². The van der Waals surface area contributed by atoms with Gasteiger partial charge in [-0.15, -0.1) is 0 Å². The van der Waals surface area contributed by atoms with Crippen molar-refractivity contribution < 1.29 is 19.1 Å². The summed E-state index contributed by atoms with van der Waals surface area (Å²) in [7, 11) is 3.70. The molecule has 1 amide bonds. The molecule has 1 aliphatic heterocycles. The number of fused-ring (bicyclic) bond motifs is 5. The number of hydrogen-bond acceptors (Lipinski definition) is 6. The molecule has 3 fully saturated rings. The fraction of sp³-hybridized carbons (Fsp3) is 0.385. The van der Waals surface area contributed by atoms with E-state index >= 15 is 0 Å². The van der Waals surface area contributed by atoms with E-state index in [1.54, 1.807) is 14.0 Å². The number of piperidine rings is 1. The molecule has 10 nitrogen and oxygen atoms in total. The summed E-state index contributed by atoms with van der Waals surface area (Å²) in [5.41, 5.74) is 8.05. The van der Waals surface area contributed by atoms with Crippen molar-refractivity contribution in [1.29, 1.82) is 0 Å². The van der Waals surface area contributed by atoms with Crippen molar-refractivity contribution in [3.05, 3.63) is 66.0 Å². The van der Waals surface area contributed by atoms with Gasteiger partial charge in [-0.05, 0) is 97.9 Å². The number of nitrogens with zero attached hydrogens (tertiary/aromatic N) is 5. The number of nitrogens with one attached hydrogen (secondary N) is 1. The van der Waals surface area contributed by atoms with Gasteiger partial charge in [0.2, 0.25) is 5.82 Å². The van der Waals surface area contributed by atoms with E-state index in [1.807, 2.05) is 31.3 Å². The number of imidazole rings is 2. The maximum atomic E-state index is 13.8. The first-order chi connectivity index (χ1) is 23.8. The number of likely N-dealkylation sites (tertiary alicyclic amines) is 1. The van der Waals surface area contributed by atoms with Gasteiger partial charge in [0.15, 0.2) is 5.82 Å². The lowest BCUT2D eigenvalue weighted by Gasteiger charge is -2.27. The number of aromatic amines is 1. The van der Waals surface area contributed by atoms with Crippen molar-refractivity contribution in [2.45, 2.75) is 52.1 Å². The number of H-pyrrole nitrogens is 1. The van der Waals surface area contributed by atoms with Gasteiger partial charge in [-0.2, -0.15) is 0 Å². The number of hydrogen-bond donors (Lipinski definition) is 1. The number of carbonyl (C=O) groups is 2. The maximum Gasteiger partial charge on any atom is 0.374 e. The minimum absolute atomic E-state index is 0.0759. The number of rotatable bonds is 8. The molecule has 3 aliphatic rings. The normalized spacial score (nSPS) is 20.2. The maximum absolute atomic E-state index is 13.8. The van der Waals surface area contributed by atoms with Gasteiger partial charge < -0.3 is 28.5 Å². The lowest BCUT2D eigenvalue weighted by atomic mass is 10.0. The minimum atomic E-state index is -0.456. The van der Waals surface area contributed by atoms with Crippen LogP contribution in [0.25, 0.3) is 55.6 Å². The number of aromatic nitrogens is 5. The number of esters is 1. The number of benzene rings is 3. The Hall–Kier alpha value is -5.12. The van der Waals surface area contributed by atoms with Crippen molar-refractivity contribution in [3.8, 4) is 28.4 Å². The van der Waals surface area contributed by atoms with E-state index in [2.05, 4.69) is 61.3 Å². The molecule has 6 aromatic rings. The standard InChI is InChI=1S/C39H40N6O4/c1-5-49-39(47)36-40-28-12-10-23(14-29(28)41-36)24-8-9-25-17-33(44(32(25)16-24)19-22-6-7-22)37-42-30-15-27(18-34(48-4)35(30)43(37)3)38(46)45-20-26-11-13-31(45)21(26)2/h8-10,12,14-18,21-22,26,31H,5-7,11,13,19-20H2,1-4H3,(H,40,41)/t21-,26?,31?/m1/s1. The Morgan fingerprint density at radius 2 is 1.78 bits per heavy atom. The molecule has 0 radical (unpaired) electrons. The Balaban J connectivity index is 1.12. The molecule has 49 heavy (non-hydrogen) atoms. The highest BCUT2D eigenvalue weighted by molar-refractivity contribution is 6.01. The number of ether oxygens (including phenoxy) is 2. The summed E-state index contributed by atoms with van der Waals surface area (Å²) in [4.78, 5) is 41.0. The van der Waals surface area contributed by atoms with E-state index in [4.69, 9.17) is 14.5 Å². The van der Waals surface area contributed by atoms with E-state index in [-0.39, 0.29) is 11.7 Å². The average molecular weight is 657 g/mol. The van der Waals surface area contributed by atoms with E-state index < -0.39 is 5.97 Å². The Bertz CT molecular complexity index is 2310. The molecule has 2 saturated carbocycles. The molecule has 2 aliphatic carbocycles. The fourth-order valence-electron chi connectivity index (χ4n) is 8.38. The van der Waals surface area contributed by atoms with Gasteiger partial charge in [0.05, 0.1) is 36.0 Å². The van der Waals surface area contributed by atoms with Crippen molar-refractivity contribution in [1.82, 2.24) is 29.0 Å². The second kappa shape index (κ2) is 11.2. The zero-order valence-corrected chi connectivity index (χ0v) is 28.3. The monoisotopic (exact) mass is 656 g/mol. The van der Waals surface area contributed by atoms with Crippen LogP contribution in [0.4, 0.5) is 0 Å². The SMILES string of the molecule is CCOC(=O)c1nc2cc(-c3ccc4cc(-c5nc6cc(C(=O)N7CC8CCC7[C@@H]8C)cc(OC)c6n5C)n(CC5CC5)c4c3)ccc2[nH]1. The molecule has 3 aromatic heterocycles. The van der Waals surface area contributed by atoms with Gasteiger partial charge in [0.1, 0.15) is 11.3 Å². The quantitative estimate of drug-likeness (QED) is 0.174. The van der Waals surface area contributed by atoms with Crippen LogP contribution in [-0.4, -0.2) is 67.2 Å². The smallest absolute Gasteiger partial charge is 0.374 e. The summed E-state index contributed by atoms with van der Waals surface area (Å²) in [5, 5.41) is 1.14. The largest absolute Gasteiger partial charge is 0.494 e. The zero-order valence-electron chi connectivity index (χ0n) is 28.3. The van der Waals surface area contributed by atoms with E-state index in [0.717, 1.165) is 69.6 Å². The van der Waals surface area contributed by atoms with Gasteiger partial charge in [-0.1, -0.05) is 25.1 Å². The van der Waals surface area contributed by atoms with E-state index in [0.29, 0.717) is 47.2 Å². The van der Waals surface area contributed by atoms with Gasteiger partial charge in [-0.25, -0.2) is 14.8 Å². The average Bonchev–Trinajstić information content (AvgIpc) is 3.36. The molecular weight excluding hydrogens is 616 g/mol. The molecule has 0 spiro atoms. The topological polar surface area (TPSA) is 107 Å². The molecule has 9 rings (SSSR count). The van der Waals surface area contributed by atoms with Crippen LogP contribution in [0.5, 0.6) is 5.75 Å². The third-order valence-electron chi connectivity index (χ3n) is 11.2. The second-order valence-corrected chi connectivity index (χ2v) is 14.2. The molecule has 4 heterocycles. The van der Waals surface area contributed by atoms with Gasteiger partial charge >= 0.3 is 5.97 Å². The Morgan fingerprint density at radius 3 is 2.51 bits per heavy atom. The highest BCUT2D eigenvalue weighted by Gasteiger charge is 2.46. The highest BCUT2D eigenvalue weighted by Crippen LogP contribution is 2.44. The molecular formula is C39H40N6O4. The molecule has 1 saturated heterocycles. The van der Waals surface area contributed by atoms with Crippen LogP contribution in [0.1, 0.15) is 60.5 Å². The summed E-state index contributed by atoms with van der Waals surface area (Å²) in [5.74, 6) is 3.12. The number of carbonyl (C=O) groups excluding carboxylic acids is 2. The summed E-state index contributed by atoms with van der Waals surface area (Å²) < 4.78 is 15.6. The Kier molecular flexibility index (Phi) is 6.86. The first kappa shape index (κ1) is 30.0. The van der Waals surface area contributed by atoms with Crippen LogP contribution in [0.3, 0.4) is 0 Å². The van der Waals surface area contributed by atoms with E-state index in [1.165, 1.54) is 19.3 Å². The number of methoxy groups -OCH3 is 1. The number of amides is 1. The molecule has 250 valence electrons. The van der Waals surface area contributed by atoms with Crippen LogP contribution in [0.15, 0.2) is 54.6 Å². The molecule has 2 bridgehead atoms. The zero-order chi connectivity index (χ0) is 33.6.